The zero-order valence-electron chi connectivity index (χ0n) is 13.4. The summed E-state index contributed by atoms with van der Waals surface area (Å²) >= 11 is 0. The van der Waals surface area contributed by atoms with Crippen molar-refractivity contribution >= 4 is 12.1 Å². The molecule has 1 amide bonds. The van der Waals surface area contributed by atoms with Gasteiger partial charge in [0.25, 0.3) is 0 Å². The lowest BCUT2D eigenvalue weighted by atomic mass is 10.3. The Morgan fingerprint density at radius 3 is 2.59 bits per heavy atom. The summed E-state index contributed by atoms with van der Waals surface area (Å²) in [6, 6.07) is 0. The molecule has 122 valence electrons. The van der Waals surface area contributed by atoms with Crippen molar-refractivity contribution in [1.82, 2.24) is 24.9 Å². The van der Waals surface area contributed by atoms with E-state index in [4.69, 9.17) is 4.74 Å². The molecule has 1 saturated heterocycles. The molecular weight excluding hydrogens is 284 g/mol. The van der Waals surface area contributed by atoms with Crippen LogP contribution in [0.3, 0.4) is 0 Å². The highest BCUT2D eigenvalue weighted by Gasteiger charge is 2.23. The van der Waals surface area contributed by atoms with Crippen molar-refractivity contribution in [2.24, 2.45) is 12.0 Å². The molecule has 0 bridgehead atoms. The second-order valence-electron chi connectivity index (χ2n) is 5.10. The maximum absolute atomic E-state index is 11.7. The van der Waals surface area contributed by atoms with Gasteiger partial charge in [0.2, 0.25) is 0 Å². The molecule has 2 rings (SSSR count). The molecule has 2 heterocycles. The standard InChI is InChI=1S/C14H24N6O2/c1-4-22-14(21)20-7-5-19(6-8-20)13(15-2)16-9-12-10-17-18(3)11-12/h10-11H,4-9H2,1-3H3,(H,15,16). The molecule has 1 aromatic rings. The van der Waals surface area contributed by atoms with Crippen LogP contribution in [0.4, 0.5) is 4.79 Å². The van der Waals surface area contributed by atoms with E-state index in [1.54, 1.807) is 16.6 Å². The molecule has 0 radical (unpaired) electrons. The first-order chi connectivity index (χ1) is 10.6. The Labute approximate surface area is 130 Å². The van der Waals surface area contributed by atoms with E-state index in [9.17, 15) is 4.79 Å². The maximum Gasteiger partial charge on any atom is 0.409 e. The Bertz CT molecular complexity index is 519. The van der Waals surface area contributed by atoms with Crippen molar-refractivity contribution in [1.29, 1.82) is 0 Å². The van der Waals surface area contributed by atoms with Gasteiger partial charge in [-0.25, -0.2) is 4.79 Å². The van der Waals surface area contributed by atoms with Crippen LogP contribution in [0.25, 0.3) is 0 Å². The van der Waals surface area contributed by atoms with E-state index in [1.165, 1.54) is 0 Å². The second-order valence-corrected chi connectivity index (χ2v) is 5.10. The van der Waals surface area contributed by atoms with Gasteiger partial charge in [0.1, 0.15) is 0 Å². The topological polar surface area (TPSA) is 75.0 Å². The zero-order valence-corrected chi connectivity index (χ0v) is 13.4. The van der Waals surface area contributed by atoms with Gasteiger partial charge in [-0.3, -0.25) is 9.67 Å². The molecule has 1 fully saturated rings. The van der Waals surface area contributed by atoms with E-state index < -0.39 is 0 Å². The fraction of sp³-hybridized carbons (Fsp3) is 0.643. The number of aliphatic imine (C=N–C) groups is 1. The van der Waals surface area contributed by atoms with E-state index in [-0.39, 0.29) is 6.09 Å². The van der Waals surface area contributed by atoms with Crippen LogP contribution in [0.15, 0.2) is 17.4 Å². The SMILES string of the molecule is CCOC(=O)N1CCN(C(=NC)NCc2cnn(C)c2)CC1. The third-order valence-electron chi connectivity index (χ3n) is 3.53. The fourth-order valence-corrected chi connectivity index (χ4v) is 2.39. The average molecular weight is 308 g/mol. The van der Waals surface area contributed by atoms with Crippen molar-refractivity contribution in [3.8, 4) is 0 Å². The number of ether oxygens (including phenoxy) is 1. The number of aromatic nitrogens is 2. The van der Waals surface area contributed by atoms with Crippen molar-refractivity contribution in [2.45, 2.75) is 13.5 Å². The number of aryl methyl sites for hydroxylation is 1. The number of carbonyl (C=O) groups is 1. The Morgan fingerprint density at radius 1 is 1.36 bits per heavy atom. The predicted octanol–water partition coefficient (Wildman–Crippen LogP) is 0.270. The number of rotatable bonds is 3. The highest BCUT2D eigenvalue weighted by molar-refractivity contribution is 5.80. The Morgan fingerprint density at radius 2 is 2.05 bits per heavy atom. The van der Waals surface area contributed by atoms with Gasteiger partial charge in [-0.2, -0.15) is 5.10 Å². The average Bonchev–Trinajstić information content (AvgIpc) is 2.94. The second kappa shape index (κ2) is 7.67. The Balaban J connectivity index is 1.82. The summed E-state index contributed by atoms with van der Waals surface area (Å²) in [5.74, 6) is 0.840. The number of amides is 1. The molecule has 1 N–H and O–H groups in total. The van der Waals surface area contributed by atoms with E-state index >= 15 is 0 Å². The van der Waals surface area contributed by atoms with Crippen LogP contribution in [0.2, 0.25) is 0 Å². The van der Waals surface area contributed by atoms with Gasteiger partial charge in [0.05, 0.1) is 12.8 Å². The van der Waals surface area contributed by atoms with E-state index in [2.05, 4.69) is 20.3 Å². The van der Waals surface area contributed by atoms with Gasteiger partial charge in [0.15, 0.2) is 5.96 Å². The highest BCUT2D eigenvalue weighted by Crippen LogP contribution is 2.05. The van der Waals surface area contributed by atoms with Gasteiger partial charge in [-0.15, -0.1) is 0 Å². The molecule has 1 aliphatic rings. The summed E-state index contributed by atoms with van der Waals surface area (Å²) in [5.41, 5.74) is 1.11. The molecule has 0 aliphatic carbocycles. The first-order valence-corrected chi connectivity index (χ1v) is 7.49. The number of hydrogen-bond donors (Lipinski definition) is 1. The molecule has 0 aromatic carbocycles. The minimum absolute atomic E-state index is 0.236. The van der Waals surface area contributed by atoms with Gasteiger partial charge < -0.3 is 19.9 Å². The van der Waals surface area contributed by atoms with Crippen LogP contribution in [-0.4, -0.2) is 71.5 Å². The van der Waals surface area contributed by atoms with Crippen LogP contribution in [0.1, 0.15) is 12.5 Å². The van der Waals surface area contributed by atoms with E-state index in [1.807, 2.05) is 26.4 Å². The Kier molecular flexibility index (Phi) is 5.62. The molecule has 0 unspecified atom stereocenters. The van der Waals surface area contributed by atoms with Crippen molar-refractivity contribution in [3.63, 3.8) is 0 Å². The molecule has 8 heteroatoms. The monoisotopic (exact) mass is 308 g/mol. The van der Waals surface area contributed by atoms with E-state index in [0.29, 0.717) is 26.2 Å². The van der Waals surface area contributed by atoms with Crippen molar-refractivity contribution in [2.75, 3.05) is 39.8 Å². The minimum atomic E-state index is -0.236. The minimum Gasteiger partial charge on any atom is -0.450 e. The molecule has 1 aliphatic heterocycles. The first kappa shape index (κ1) is 16.1. The normalized spacial score (nSPS) is 15.9. The van der Waals surface area contributed by atoms with Crippen LogP contribution >= 0.6 is 0 Å². The number of nitrogens with zero attached hydrogens (tertiary/aromatic N) is 5. The molecule has 0 saturated carbocycles. The summed E-state index contributed by atoms with van der Waals surface area (Å²) in [7, 11) is 3.66. The number of nitrogens with one attached hydrogen (secondary N) is 1. The fourth-order valence-electron chi connectivity index (χ4n) is 2.39. The third-order valence-corrected chi connectivity index (χ3v) is 3.53. The zero-order chi connectivity index (χ0) is 15.9. The number of hydrogen-bond acceptors (Lipinski definition) is 4. The van der Waals surface area contributed by atoms with Crippen LogP contribution in [0.5, 0.6) is 0 Å². The highest BCUT2D eigenvalue weighted by atomic mass is 16.6. The Hall–Kier alpha value is -2.25. The van der Waals surface area contributed by atoms with Crippen LogP contribution < -0.4 is 5.32 Å². The summed E-state index contributed by atoms with van der Waals surface area (Å²) in [6.45, 7) is 5.68. The lowest BCUT2D eigenvalue weighted by Crippen LogP contribution is -2.53. The van der Waals surface area contributed by atoms with Gasteiger partial charge >= 0.3 is 6.09 Å². The molecule has 0 spiro atoms. The molecule has 22 heavy (non-hydrogen) atoms. The van der Waals surface area contributed by atoms with Gasteiger partial charge in [-0.1, -0.05) is 0 Å². The number of guanidine groups is 1. The van der Waals surface area contributed by atoms with Gasteiger partial charge in [-0.05, 0) is 6.92 Å². The summed E-state index contributed by atoms with van der Waals surface area (Å²) in [6.07, 6.45) is 3.57. The lowest BCUT2D eigenvalue weighted by molar-refractivity contribution is 0.0914. The van der Waals surface area contributed by atoms with E-state index in [0.717, 1.165) is 24.6 Å². The smallest absolute Gasteiger partial charge is 0.409 e. The van der Waals surface area contributed by atoms with Crippen LogP contribution in [0, 0.1) is 0 Å². The quantitative estimate of drug-likeness (QED) is 0.641. The number of carbonyl (C=O) groups excluding carboxylic acids is 1. The molecule has 0 atom stereocenters. The molecule has 8 nitrogen and oxygen atoms in total. The lowest BCUT2D eigenvalue weighted by Gasteiger charge is -2.35. The number of piperazine rings is 1. The molecular formula is C14H24N6O2. The van der Waals surface area contributed by atoms with Gasteiger partial charge in [0, 0.05) is 58.6 Å². The van der Waals surface area contributed by atoms with Crippen molar-refractivity contribution < 1.29 is 9.53 Å². The summed E-state index contributed by atoms with van der Waals surface area (Å²) < 4.78 is 6.80. The van der Waals surface area contributed by atoms with Crippen molar-refractivity contribution in [3.05, 3.63) is 18.0 Å². The molecule has 1 aromatic heterocycles. The first-order valence-electron chi connectivity index (χ1n) is 7.49. The summed E-state index contributed by atoms with van der Waals surface area (Å²) in [4.78, 5) is 19.9. The third kappa shape index (κ3) is 4.12. The largest absolute Gasteiger partial charge is 0.450 e. The van der Waals surface area contributed by atoms with Crippen LogP contribution in [-0.2, 0) is 18.3 Å². The maximum atomic E-state index is 11.7. The predicted molar refractivity (Wildman–Crippen MR) is 83.6 cm³/mol. The summed E-state index contributed by atoms with van der Waals surface area (Å²) in [5, 5.41) is 7.47.